The molecule has 1 aromatic heterocycles. The molecule has 0 aliphatic heterocycles. The molecule has 6 heteroatoms. The van der Waals surface area contributed by atoms with Gasteiger partial charge in [-0.15, -0.1) is 0 Å². The highest BCUT2D eigenvalue weighted by molar-refractivity contribution is 7.89. The van der Waals surface area contributed by atoms with E-state index in [1.54, 1.807) is 31.5 Å². The van der Waals surface area contributed by atoms with Crippen LogP contribution in [0.2, 0.25) is 0 Å². The molecule has 0 radical (unpaired) electrons. The summed E-state index contributed by atoms with van der Waals surface area (Å²) in [5.74, 6) is 0. The summed E-state index contributed by atoms with van der Waals surface area (Å²) >= 11 is 0. The summed E-state index contributed by atoms with van der Waals surface area (Å²) in [4.78, 5) is 4.25. The third-order valence-corrected chi connectivity index (χ3v) is 4.92. The Morgan fingerprint density at radius 2 is 2.00 bits per heavy atom. The number of nitrogens with two attached hydrogens (primary N) is 1. The van der Waals surface area contributed by atoms with Crippen LogP contribution in [0.4, 0.5) is 0 Å². The van der Waals surface area contributed by atoms with E-state index in [0.29, 0.717) is 6.54 Å². The fraction of sp³-hybridized carbons (Fsp3) is 0.267. The number of pyridine rings is 1. The molecule has 1 aromatic carbocycles. The van der Waals surface area contributed by atoms with Gasteiger partial charge in [0.25, 0.3) is 0 Å². The van der Waals surface area contributed by atoms with Gasteiger partial charge in [0.2, 0.25) is 10.0 Å². The number of hydrogen-bond acceptors (Lipinski definition) is 4. The van der Waals surface area contributed by atoms with Crippen LogP contribution in [0, 0.1) is 13.8 Å². The number of aryl methyl sites for hydroxylation is 1. The predicted octanol–water partition coefficient (Wildman–Crippen LogP) is 1.64. The van der Waals surface area contributed by atoms with Gasteiger partial charge in [0, 0.05) is 25.5 Å². The summed E-state index contributed by atoms with van der Waals surface area (Å²) in [6.45, 7) is 4.21. The molecule has 112 valence electrons. The maximum atomic E-state index is 12.5. The van der Waals surface area contributed by atoms with Crippen molar-refractivity contribution >= 4 is 10.0 Å². The summed E-state index contributed by atoms with van der Waals surface area (Å²) < 4.78 is 27.6. The molecule has 21 heavy (non-hydrogen) atoms. The largest absolute Gasteiger partial charge is 0.326 e. The molecule has 1 heterocycles. The minimum absolute atomic E-state index is 0.210. The quantitative estimate of drug-likeness (QED) is 0.879. The zero-order valence-electron chi connectivity index (χ0n) is 12.1. The predicted molar refractivity (Wildman–Crippen MR) is 82.1 cm³/mol. The fourth-order valence-electron chi connectivity index (χ4n) is 2.05. The molecule has 0 amide bonds. The lowest BCUT2D eigenvalue weighted by Gasteiger charge is -2.13. The van der Waals surface area contributed by atoms with Crippen molar-refractivity contribution in [2.45, 2.75) is 31.8 Å². The van der Waals surface area contributed by atoms with E-state index in [1.807, 2.05) is 19.1 Å². The molecule has 0 saturated heterocycles. The molecule has 2 rings (SSSR count). The highest BCUT2D eigenvalue weighted by Gasteiger charge is 2.18. The Bertz CT molecular complexity index is 728. The van der Waals surface area contributed by atoms with Gasteiger partial charge in [-0.25, -0.2) is 13.1 Å². The zero-order chi connectivity index (χ0) is 15.5. The summed E-state index contributed by atoms with van der Waals surface area (Å²) in [6, 6.07) is 7.14. The minimum atomic E-state index is -3.58. The average Bonchev–Trinajstić information content (AvgIpc) is 2.48. The molecular weight excluding hydrogens is 286 g/mol. The van der Waals surface area contributed by atoms with E-state index >= 15 is 0 Å². The highest BCUT2D eigenvalue weighted by atomic mass is 32.2. The van der Waals surface area contributed by atoms with Gasteiger partial charge in [-0.2, -0.15) is 0 Å². The van der Waals surface area contributed by atoms with E-state index in [2.05, 4.69) is 9.71 Å². The topological polar surface area (TPSA) is 85.1 Å². The van der Waals surface area contributed by atoms with Crippen molar-refractivity contribution in [3.05, 3.63) is 58.9 Å². The van der Waals surface area contributed by atoms with Crippen LogP contribution >= 0.6 is 0 Å². The lowest BCUT2D eigenvalue weighted by atomic mass is 10.1. The van der Waals surface area contributed by atoms with Crippen LogP contribution in [0.1, 0.15) is 22.3 Å². The van der Waals surface area contributed by atoms with E-state index < -0.39 is 10.0 Å². The van der Waals surface area contributed by atoms with Crippen molar-refractivity contribution in [3.8, 4) is 0 Å². The van der Waals surface area contributed by atoms with Crippen molar-refractivity contribution in [2.75, 3.05) is 0 Å². The van der Waals surface area contributed by atoms with Gasteiger partial charge in [-0.3, -0.25) is 4.98 Å². The van der Waals surface area contributed by atoms with Crippen molar-refractivity contribution in [1.29, 1.82) is 0 Å². The lowest BCUT2D eigenvalue weighted by molar-refractivity contribution is 0.580. The standard InChI is InChI=1S/C15H19N3O2S/c1-11-6-14(8-16)7-15(12(11)2)21(19,20)18-10-13-4-3-5-17-9-13/h3-7,9,18H,8,10,16H2,1-2H3. The second-order valence-electron chi connectivity index (χ2n) is 4.93. The van der Waals surface area contributed by atoms with Gasteiger partial charge in [0.1, 0.15) is 0 Å². The number of rotatable bonds is 5. The van der Waals surface area contributed by atoms with Gasteiger partial charge in [0.15, 0.2) is 0 Å². The average molecular weight is 305 g/mol. The number of aromatic nitrogens is 1. The first-order valence-electron chi connectivity index (χ1n) is 6.63. The smallest absolute Gasteiger partial charge is 0.241 e. The highest BCUT2D eigenvalue weighted by Crippen LogP contribution is 2.21. The molecular formula is C15H19N3O2S. The molecule has 2 aromatic rings. The van der Waals surface area contributed by atoms with Crippen LogP contribution < -0.4 is 10.5 Å². The lowest BCUT2D eigenvalue weighted by Crippen LogP contribution is -2.24. The van der Waals surface area contributed by atoms with E-state index in [4.69, 9.17) is 5.73 Å². The molecule has 0 aliphatic carbocycles. The van der Waals surface area contributed by atoms with E-state index in [-0.39, 0.29) is 11.4 Å². The number of sulfonamides is 1. The molecule has 0 atom stereocenters. The Morgan fingerprint density at radius 3 is 2.62 bits per heavy atom. The second-order valence-corrected chi connectivity index (χ2v) is 6.66. The first-order chi connectivity index (χ1) is 9.94. The van der Waals surface area contributed by atoms with Crippen molar-refractivity contribution < 1.29 is 8.42 Å². The van der Waals surface area contributed by atoms with Gasteiger partial charge < -0.3 is 5.73 Å². The molecule has 0 fully saturated rings. The van der Waals surface area contributed by atoms with Gasteiger partial charge in [-0.1, -0.05) is 12.1 Å². The maximum absolute atomic E-state index is 12.5. The van der Waals surface area contributed by atoms with Gasteiger partial charge in [-0.05, 0) is 48.2 Å². The minimum Gasteiger partial charge on any atom is -0.326 e. The fourth-order valence-corrected chi connectivity index (χ4v) is 3.44. The van der Waals surface area contributed by atoms with Crippen LogP contribution in [0.25, 0.3) is 0 Å². The Hall–Kier alpha value is -1.76. The molecule has 0 saturated carbocycles. The summed E-state index contributed by atoms with van der Waals surface area (Å²) in [5, 5.41) is 0. The summed E-state index contributed by atoms with van der Waals surface area (Å²) in [5.41, 5.74) is 8.90. The summed E-state index contributed by atoms with van der Waals surface area (Å²) in [6.07, 6.45) is 3.28. The SMILES string of the molecule is Cc1cc(CN)cc(S(=O)(=O)NCc2cccnc2)c1C. The number of benzene rings is 1. The monoisotopic (exact) mass is 305 g/mol. The molecule has 0 unspecified atom stereocenters. The molecule has 0 bridgehead atoms. The van der Waals surface area contributed by atoms with Crippen LogP contribution in [0.15, 0.2) is 41.6 Å². The number of nitrogens with one attached hydrogen (secondary N) is 1. The van der Waals surface area contributed by atoms with Crippen molar-refractivity contribution in [2.24, 2.45) is 5.73 Å². The van der Waals surface area contributed by atoms with Crippen LogP contribution in [0.3, 0.4) is 0 Å². The van der Waals surface area contributed by atoms with E-state index in [1.165, 1.54) is 0 Å². The van der Waals surface area contributed by atoms with Crippen LogP contribution in [0.5, 0.6) is 0 Å². The third kappa shape index (κ3) is 3.66. The summed E-state index contributed by atoms with van der Waals surface area (Å²) in [7, 11) is -3.58. The van der Waals surface area contributed by atoms with E-state index in [9.17, 15) is 8.42 Å². The Morgan fingerprint density at radius 1 is 1.24 bits per heavy atom. The number of nitrogens with zero attached hydrogens (tertiary/aromatic N) is 1. The van der Waals surface area contributed by atoms with Gasteiger partial charge in [0.05, 0.1) is 4.90 Å². The first kappa shape index (κ1) is 15.6. The Kier molecular flexibility index (Phi) is 4.72. The normalized spacial score (nSPS) is 11.6. The van der Waals surface area contributed by atoms with E-state index in [0.717, 1.165) is 22.3 Å². The maximum Gasteiger partial charge on any atom is 0.241 e. The molecule has 5 nitrogen and oxygen atoms in total. The van der Waals surface area contributed by atoms with Crippen LogP contribution in [-0.4, -0.2) is 13.4 Å². The first-order valence-corrected chi connectivity index (χ1v) is 8.11. The second kappa shape index (κ2) is 6.34. The molecule has 3 N–H and O–H groups in total. The van der Waals surface area contributed by atoms with Gasteiger partial charge >= 0.3 is 0 Å². The van der Waals surface area contributed by atoms with Crippen LogP contribution in [-0.2, 0) is 23.1 Å². The van der Waals surface area contributed by atoms with Crippen molar-refractivity contribution in [1.82, 2.24) is 9.71 Å². The Balaban J connectivity index is 2.29. The molecule has 0 spiro atoms. The van der Waals surface area contributed by atoms with Crippen molar-refractivity contribution in [3.63, 3.8) is 0 Å². The number of hydrogen-bond donors (Lipinski definition) is 2. The zero-order valence-corrected chi connectivity index (χ0v) is 12.9. The molecule has 0 aliphatic rings. The third-order valence-electron chi connectivity index (χ3n) is 3.39. The Labute approximate surface area is 125 Å².